The molecule has 0 spiro atoms. The molecule has 2 fully saturated rings. The van der Waals surface area contributed by atoms with E-state index in [1.165, 1.54) is 30.4 Å². The van der Waals surface area contributed by atoms with Crippen molar-refractivity contribution in [1.82, 2.24) is 0 Å². The average molecular weight is 407 g/mol. The van der Waals surface area contributed by atoms with Gasteiger partial charge >= 0.3 is 5.97 Å². The van der Waals surface area contributed by atoms with Gasteiger partial charge in [0.25, 0.3) is 0 Å². The molecule has 2 saturated carbocycles. The standard InChI is InChI=1S/C21H27BrO3/c1-12(23)25-20-7-6-17-15-5-4-13-10-19(24-3)18(22)11-16(13)14(15)8-9-21(17,20)2/h10-11,14-15,17,20H,4-9H2,1-3H3/t14-,15+,17-,20-,21-/m0/s1. The Morgan fingerprint density at radius 1 is 1.24 bits per heavy atom. The van der Waals surface area contributed by atoms with Crippen LogP contribution >= 0.6 is 15.9 Å². The molecule has 3 nitrogen and oxygen atoms in total. The van der Waals surface area contributed by atoms with Crippen molar-refractivity contribution in [3.05, 3.63) is 27.7 Å². The van der Waals surface area contributed by atoms with Crippen LogP contribution in [0.3, 0.4) is 0 Å². The van der Waals surface area contributed by atoms with E-state index in [4.69, 9.17) is 9.47 Å². The highest BCUT2D eigenvalue weighted by molar-refractivity contribution is 9.10. The molecule has 0 unspecified atom stereocenters. The van der Waals surface area contributed by atoms with Gasteiger partial charge in [-0.1, -0.05) is 6.92 Å². The van der Waals surface area contributed by atoms with E-state index in [0.717, 1.165) is 29.5 Å². The number of ether oxygens (including phenoxy) is 2. The Bertz CT molecular complexity index is 701. The molecule has 1 aromatic rings. The number of hydrogen-bond donors (Lipinski definition) is 0. The maximum atomic E-state index is 11.5. The number of esters is 1. The molecule has 4 heteroatoms. The molecule has 136 valence electrons. The zero-order valence-electron chi connectivity index (χ0n) is 15.3. The van der Waals surface area contributed by atoms with Crippen molar-refractivity contribution in [2.24, 2.45) is 17.3 Å². The minimum atomic E-state index is -0.126. The third kappa shape index (κ3) is 2.72. The number of aryl methyl sites for hydroxylation is 1. The summed E-state index contributed by atoms with van der Waals surface area (Å²) in [7, 11) is 1.73. The minimum Gasteiger partial charge on any atom is -0.496 e. The lowest BCUT2D eigenvalue weighted by Gasteiger charge is -2.50. The Morgan fingerprint density at radius 3 is 2.76 bits per heavy atom. The molecular weight excluding hydrogens is 380 g/mol. The third-order valence-electron chi connectivity index (χ3n) is 7.22. The average Bonchev–Trinajstić information content (AvgIpc) is 2.90. The van der Waals surface area contributed by atoms with Crippen molar-refractivity contribution in [2.45, 2.75) is 64.4 Å². The second kappa shape index (κ2) is 6.29. The molecule has 3 aliphatic rings. The van der Waals surface area contributed by atoms with Gasteiger partial charge in [0.05, 0.1) is 11.6 Å². The van der Waals surface area contributed by atoms with Gasteiger partial charge in [0.15, 0.2) is 0 Å². The summed E-state index contributed by atoms with van der Waals surface area (Å²) in [6.45, 7) is 3.91. The molecule has 25 heavy (non-hydrogen) atoms. The van der Waals surface area contributed by atoms with E-state index in [-0.39, 0.29) is 17.5 Å². The van der Waals surface area contributed by atoms with E-state index >= 15 is 0 Å². The Kier molecular flexibility index (Phi) is 4.38. The first-order valence-electron chi connectivity index (χ1n) is 9.47. The fourth-order valence-corrected chi connectivity index (χ4v) is 6.60. The number of benzene rings is 1. The van der Waals surface area contributed by atoms with Crippen LogP contribution in [0.2, 0.25) is 0 Å². The number of methoxy groups -OCH3 is 1. The molecule has 0 bridgehead atoms. The van der Waals surface area contributed by atoms with Crippen molar-refractivity contribution in [1.29, 1.82) is 0 Å². The normalized spacial score (nSPS) is 36.2. The lowest BCUT2D eigenvalue weighted by molar-refractivity contribution is -0.154. The van der Waals surface area contributed by atoms with Gasteiger partial charge in [0.2, 0.25) is 0 Å². The summed E-state index contributed by atoms with van der Waals surface area (Å²) in [6.07, 6.45) is 7.06. The molecule has 1 aromatic carbocycles. The van der Waals surface area contributed by atoms with Gasteiger partial charge < -0.3 is 9.47 Å². The first kappa shape index (κ1) is 17.4. The minimum absolute atomic E-state index is 0.111. The van der Waals surface area contributed by atoms with Crippen LogP contribution in [0.25, 0.3) is 0 Å². The molecule has 0 radical (unpaired) electrons. The van der Waals surface area contributed by atoms with Crippen LogP contribution in [0.15, 0.2) is 16.6 Å². The third-order valence-corrected chi connectivity index (χ3v) is 7.84. The van der Waals surface area contributed by atoms with Gasteiger partial charge in [0, 0.05) is 12.3 Å². The van der Waals surface area contributed by atoms with Crippen LogP contribution in [-0.4, -0.2) is 19.2 Å². The molecule has 3 aliphatic carbocycles. The summed E-state index contributed by atoms with van der Waals surface area (Å²) >= 11 is 3.67. The predicted octanol–water partition coefficient (Wildman–Crippen LogP) is 5.25. The van der Waals surface area contributed by atoms with E-state index in [1.54, 1.807) is 14.0 Å². The zero-order chi connectivity index (χ0) is 17.8. The fourth-order valence-electron chi connectivity index (χ4n) is 6.07. The summed E-state index contributed by atoms with van der Waals surface area (Å²) in [6, 6.07) is 4.52. The zero-order valence-corrected chi connectivity index (χ0v) is 16.9. The number of rotatable bonds is 2. The molecule has 0 N–H and O–H groups in total. The predicted molar refractivity (Wildman–Crippen MR) is 101 cm³/mol. The van der Waals surface area contributed by atoms with Crippen LogP contribution in [0.4, 0.5) is 0 Å². The van der Waals surface area contributed by atoms with Crippen LogP contribution in [0.1, 0.15) is 63.0 Å². The molecule has 0 heterocycles. The number of fused-ring (bicyclic) bond motifs is 5. The molecular formula is C21H27BrO3. The molecule has 4 rings (SSSR count). The molecule has 0 aliphatic heterocycles. The Labute approximate surface area is 158 Å². The summed E-state index contributed by atoms with van der Waals surface area (Å²) < 4.78 is 12.3. The number of halogens is 1. The smallest absolute Gasteiger partial charge is 0.302 e. The summed E-state index contributed by atoms with van der Waals surface area (Å²) in [5, 5.41) is 0. The van der Waals surface area contributed by atoms with E-state index in [9.17, 15) is 4.79 Å². The van der Waals surface area contributed by atoms with E-state index in [0.29, 0.717) is 17.8 Å². The largest absolute Gasteiger partial charge is 0.496 e. The van der Waals surface area contributed by atoms with Gasteiger partial charge in [-0.15, -0.1) is 0 Å². The summed E-state index contributed by atoms with van der Waals surface area (Å²) in [4.78, 5) is 11.5. The highest BCUT2D eigenvalue weighted by atomic mass is 79.9. The van der Waals surface area contributed by atoms with Gasteiger partial charge in [-0.2, -0.15) is 0 Å². The SMILES string of the molecule is COc1cc2c(cc1Br)[C@H]1CC[C@]3(C)[C@@H](OC(C)=O)CC[C@H]3[C@@H]1CC2. The first-order chi connectivity index (χ1) is 11.9. The van der Waals surface area contributed by atoms with Crippen LogP contribution < -0.4 is 4.74 Å². The maximum Gasteiger partial charge on any atom is 0.302 e. The van der Waals surface area contributed by atoms with Crippen molar-refractivity contribution in [3.63, 3.8) is 0 Å². The molecule has 5 atom stereocenters. The Hall–Kier alpha value is -1.03. The first-order valence-corrected chi connectivity index (χ1v) is 10.3. The Morgan fingerprint density at radius 2 is 2.04 bits per heavy atom. The van der Waals surface area contributed by atoms with Crippen LogP contribution in [-0.2, 0) is 16.0 Å². The van der Waals surface area contributed by atoms with Gasteiger partial charge in [-0.05, 0) is 95.5 Å². The van der Waals surface area contributed by atoms with Gasteiger partial charge in [-0.3, -0.25) is 4.79 Å². The summed E-state index contributed by atoms with van der Waals surface area (Å²) in [5.41, 5.74) is 3.13. The van der Waals surface area contributed by atoms with E-state index in [2.05, 4.69) is 35.0 Å². The van der Waals surface area contributed by atoms with Crippen LogP contribution in [0.5, 0.6) is 5.75 Å². The highest BCUT2D eigenvalue weighted by Crippen LogP contribution is 2.61. The van der Waals surface area contributed by atoms with Crippen molar-refractivity contribution in [3.8, 4) is 5.75 Å². The van der Waals surface area contributed by atoms with E-state index in [1.807, 2.05) is 0 Å². The highest BCUT2D eigenvalue weighted by Gasteiger charge is 2.56. The number of hydrogen-bond acceptors (Lipinski definition) is 3. The fraction of sp³-hybridized carbons (Fsp3) is 0.667. The van der Waals surface area contributed by atoms with Gasteiger partial charge in [0.1, 0.15) is 11.9 Å². The van der Waals surface area contributed by atoms with Gasteiger partial charge in [-0.25, -0.2) is 0 Å². The monoisotopic (exact) mass is 406 g/mol. The quantitative estimate of drug-likeness (QED) is 0.629. The van der Waals surface area contributed by atoms with Crippen molar-refractivity contribution >= 4 is 21.9 Å². The second-order valence-corrected chi connectivity index (χ2v) is 9.18. The number of carbonyl (C=O) groups is 1. The molecule has 0 aromatic heterocycles. The molecule has 0 amide bonds. The number of carbonyl (C=O) groups excluding carboxylic acids is 1. The maximum absolute atomic E-state index is 11.5. The lowest BCUT2D eigenvalue weighted by Crippen LogP contribution is -2.45. The van der Waals surface area contributed by atoms with Crippen molar-refractivity contribution in [2.75, 3.05) is 7.11 Å². The van der Waals surface area contributed by atoms with Crippen molar-refractivity contribution < 1.29 is 14.3 Å². The topological polar surface area (TPSA) is 35.5 Å². The second-order valence-electron chi connectivity index (χ2n) is 8.32. The molecule has 0 saturated heterocycles. The summed E-state index contributed by atoms with van der Waals surface area (Å²) in [5.74, 6) is 2.84. The lowest BCUT2D eigenvalue weighted by atomic mass is 9.55. The van der Waals surface area contributed by atoms with Crippen LogP contribution in [0, 0.1) is 17.3 Å². The Balaban J connectivity index is 1.64. The van der Waals surface area contributed by atoms with E-state index < -0.39 is 0 Å².